The molecule has 0 fully saturated rings. The summed E-state index contributed by atoms with van der Waals surface area (Å²) in [5, 5.41) is 9.96. The summed E-state index contributed by atoms with van der Waals surface area (Å²) in [4.78, 5) is 11.5. The van der Waals surface area contributed by atoms with Gasteiger partial charge in [0, 0.05) is 0 Å². The molecule has 0 saturated heterocycles. The number of hydrogen-bond donors (Lipinski definition) is 3. The molecule has 0 aromatic heterocycles. The quantitative estimate of drug-likeness (QED) is 0.497. The summed E-state index contributed by atoms with van der Waals surface area (Å²) in [6, 6.07) is -0.421. The molecule has 0 radical (unpaired) electrons. The fourth-order valence-corrected chi connectivity index (χ4v) is 1.16. The number of amidine groups is 1. The summed E-state index contributed by atoms with van der Waals surface area (Å²) in [7, 11) is 0. The van der Waals surface area contributed by atoms with Crippen molar-refractivity contribution in [1.29, 1.82) is 5.41 Å². The molecular weight excluding hydrogens is 206 g/mol. The van der Waals surface area contributed by atoms with Crippen molar-refractivity contribution in [3.8, 4) is 0 Å². The van der Waals surface area contributed by atoms with Crippen LogP contribution in [0.2, 0.25) is 0 Å². The Morgan fingerprint density at radius 2 is 2.06 bits per heavy atom. The molecule has 0 aliphatic heterocycles. The highest BCUT2D eigenvalue weighted by molar-refractivity contribution is 5.86. The standard InChI is InChI=1S/C11H23N3O2/c1-5-6-7-8(9(12)13)14-10(15)16-11(2,3)4/h8H,5-7H2,1-4H3,(H3,12,13)(H,14,15). The Kier molecular flexibility index (Phi) is 5.85. The summed E-state index contributed by atoms with van der Waals surface area (Å²) >= 11 is 0. The minimum atomic E-state index is -0.532. The molecule has 0 spiro atoms. The molecule has 0 saturated carbocycles. The van der Waals surface area contributed by atoms with Crippen LogP contribution in [0.15, 0.2) is 0 Å². The lowest BCUT2D eigenvalue weighted by molar-refractivity contribution is 0.0515. The lowest BCUT2D eigenvalue weighted by Gasteiger charge is -2.23. The normalized spacial score (nSPS) is 13.0. The highest BCUT2D eigenvalue weighted by Gasteiger charge is 2.20. The molecule has 0 aliphatic carbocycles. The number of ether oxygens (including phenoxy) is 1. The van der Waals surface area contributed by atoms with E-state index in [-0.39, 0.29) is 5.84 Å². The van der Waals surface area contributed by atoms with Gasteiger partial charge in [-0.2, -0.15) is 0 Å². The van der Waals surface area contributed by atoms with Crippen LogP contribution in [0.5, 0.6) is 0 Å². The van der Waals surface area contributed by atoms with Crippen LogP contribution in [0.1, 0.15) is 47.0 Å². The second-order valence-electron chi connectivity index (χ2n) is 4.80. The average Bonchev–Trinajstić information content (AvgIpc) is 2.08. The van der Waals surface area contributed by atoms with Crippen molar-refractivity contribution in [3.05, 3.63) is 0 Å². The van der Waals surface area contributed by atoms with E-state index in [1.807, 2.05) is 6.92 Å². The maximum Gasteiger partial charge on any atom is 0.408 e. The smallest absolute Gasteiger partial charge is 0.408 e. The topological polar surface area (TPSA) is 88.2 Å². The van der Waals surface area contributed by atoms with E-state index >= 15 is 0 Å². The first-order valence-corrected chi connectivity index (χ1v) is 5.59. The third-order valence-corrected chi connectivity index (χ3v) is 1.91. The molecule has 16 heavy (non-hydrogen) atoms. The monoisotopic (exact) mass is 229 g/mol. The number of nitrogens with one attached hydrogen (secondary N) is 2. The van der Waals surface area contributed by atoms with E-state index in [0.717, 1.165) is 12.8 Å². The van der Waals surface area contributed by atoms with Crippen molar-refractivity contribution < 1.29 is 9.53 Å². The lowest BCUT2D eigenvalue weighted by Crippen LogP contribution is -2.46. The number of unbranched alkanes of at least 4 members (excludes halogenated alkanes) is 1. The van der Waals surface area contributed by atoms with Crippen molar-refractivity contribution in [2.75, 3.05) is 0 Å². The predicted molar refractivity (Wildman–Crippen MR) is 64.6 cm³/mol. The zero-order valence-corrected chi connectivity index (χ0v) is 10.6. The van der Waals surface area contributed by atoms with Gasteiger partial charge in [-0.25, -0.2) is 4.79 Å². The Hall–Kier alpha value is -1.26. The first-order chi connectivity index (χ1) is 7.26. The second-order valence-corrected chi connectivity index (χ2v) is 4.80. The molecule has 0 bridgehead atoms. The van der Waals surface area contributed by atoms with Crippen LogP contribution in [0.4, 0.5) is 4.79 Å². The van der Waals surface area contributed by atoms with E-state index in [0.29, 0.717) is 6.42 Å². The Balaban J connectivity index is 4.19. The molecule has 1 amide bonds. The summed E-state index contributed by atoms with van der Waals surface area (Å²) in [6.07, 6.45) is 2.06. The van der Waals surface area contributed by atoms with Gasteiger partial charge in [-0.3, -0.25) is 5.41 Å². The van der Waals surface area contributed by atoms with Gasteiger partial charge in [0.25, 0.3) is 0 Å². The Bertz CT molecular complexity index is 246. The fourth-order valence-electron chi connectivity index (χ4n) is 1.16. The minimum absolute atomic E-state index is 0.0284. The molecule has 0 rings (SSSR count). The summed E-state index contributed by atoms with van der Waals surface area (Å²) < 4.78 is 5.10. The number of rotatable bonds is 5. The van der Waals surface area contributed by atoms with Crippen LogP contribution in [-0.4, -0.2) is 23.6 Å². The molecule has 0 aromatic carbocycles. The number of amides is 1. The zero-order chi connectivity index (χ0) is 12.8. The third kappa shape index (κ3) is 7.09. The minimum Gasteiger partial charge on any atom is -0.444 e. The highest BCUT2D eigenvalue weighted by atomic mass is 16.6. The Labute approximate surface area is 97.2 Å². The molecule has 0 aromatic rings. The van der Waals surface area contributed by atoms with E-state index in [1.54, 1.807) is 20.8 Å². The lowest BCUT2D eigenvalue weighted by atomic mass is 10.1. The van der Waals surface area contributed by atoms with Crippen molar-refractivity contribution in [2.24, 2.45) is 5.73 Å². The largest absolute Gasteiger partial charge is 0.444 e. The number of carbonyl (C=O) groups excluding carboxylic acids is 1. The van der Waals surface area contributed by atoms with E-state index < -0.39 is 17.7 Å². The maximum atomic E-state index is 11.5. The number of alkyl carbamates (subject to hydrolysis) is 1. The zero-order valence-electron chi connectivity index (χ0n) is 10.6. The van der Waals surface area contributed by atoms with Crippen LogP contribution < -0.4 is 11.1 Å². The van der Waals surface area contributed by atoms with Gasteiger partial charge in [0.2, 0.25) is 0 Å². The van der Waals surface area contributed by atoms with E-state index in [4.69, 9.17) is 15.9 Å². The van der Waals surface area contributed by atoms with Gasteiger partial charge >= 0.3 is 6.09 Å². The van der Waals surface area contributed by atoms with Gasteiger partial charge in [-0.1, -0.05) is 19.8 Å². The Morgan fingerprint density at radius 1 is 1.50 bits per heavy atom. The molecule has 5 nitrogen and oxygen atoms in total. The first-order valence-electron chi connectivity index (χ1n) is 5.59. The predicted octanol–water partition coefficient (Wildman–Crippen LogP) is 2.01. The van der Waals surface area contributed by atoms with Crippen LogP contribution in [-0.2, 0) is 4.74 Å². The van der Waals surface area contributed by atoms with Gasteiger partial charge in [-0.05, 0) is 27.2 Å². The van der Waals surface area contributed by atoms with Crippen LogP contribution in [0.3, 0.4) is 0 Å². The number of nitrogens with two attached hydrogens (primary N) is 1. The van der Waals surface area contributed by atoms with Crippen LogP contribution in [0, 0.1) is 5.41 Å². The molecule has 4 N–H and O–H groups in total. The van der Waals surface area contributed by atoms with E-state index in [2.05, 4.69) is 5.32 Å². The van der Waals surface area contributed by atoms with Gasteiger partial charge in [0.05, 0.1) is 6.04 Å². The molecule has 94 valence electrons. The second kappa shape index (κ2) is 6.35. The summed E-state index contributed by atoms with van der Waals surface area (Å²) in [6.45, 7) is 7.43. The van der Waals surface area contributed by atoms with E-state index in [9.17, 15) is 4.79 Å². The first kappa shape index (κ1) is 14.7. The SMILES string of the molecule is CCCCC(NC(=O)OC(C)(C)C)C(=N)N. The van der Waals surface area contributed by atoms with Gasteiger partial charge in [0.15, 0.2) is 0 Å². The van der Waals surface area contributed by atoms with Gasteiger partial charge in [0.1, 0.15) is 11.4 Å². The van der Waals surface area contributed by atoms with Crippen molar-refractivity contribution in [1.82, 2.24) is 5.32 Å². The highest BCUT2D eigenvalue weighted by Crippen LogP contribution is 2.08. The molecule has 5 heteroatoms. The summed E-state index contributed by atoms with van der Waals surface area (Å²) in [5.74, 6) is -0.0284. The fraction of sp³-hybridized carbons (Fsp3) is 0.818. The van der Waals surface area contributed by atoms with Crippen molar-refractivity contribution in [2.45, 2.75) is 58.6 Å². The van der Waals surface area contributed by atoms with Gasteiger partial charge < -0.3 is 15.8 Å². The van der Waals surface area contributed by atoms with Crippen LogP contribution >= 0.6 is 0 Å². The average molecular weight is 229 g/mol. The number of carbonyl (C=O) groups is 1. The maximum absolute atomic E-state index is 11.5. The van der Waals surface area contributed by atoms with Crippen molar-refractivity contribution in [3.63, 3.8) is 0 Å². The van der Waals surface area contributed by atoms with E-state index in [1.165, 1.54) is 0 Å². The molecular formula is C11H23N3O2. The molecule has 0 heterocycles. The summed E-state index contributed by atoms with van der Waals surface area (Å²) in [5.41, 5.74) is 4.87. The molecule has 0 aliphatic rings. The molecule has 1 unspecified atom stereocenters. The van der Waals surface area contributed by atoms with Gasteiger partial charge in [-0.15, -0.1) is 0 Å². The Morgan fingerprint density at radius 3 is 2.44 bits per heavy atom. The number of hydrogen-bond acceptors (Lipinski definition) is 3. The van der Waals surface area contributed by atoms with Crippen molar-refractivity contribution >= 4 is 11.9 Å². The molecule has 1 atom stereocenters. The third-order valence-electron chi connectivity index (χ3n) is 1.91. The van der Waals surface area contributed by atoms with Crippen LogP contribution in [0.25, 0.3) is 0 Å².